The van der Waals surface area contributed by atoms with Crippen LogP contribution < -0.4 is 5.73 Å². The Bertz CT molecular complexity index is 312. The van der Waals surface area contributed by atoms with E-state index in [0.29, 0.717) is 16.9 Å². The first kappa shape index (κ1) is 11.0. The number of nitrogens with two attached hydrogens (primary N) is 1. The first-order chi connectivity index (χ1) is 6.63. The summed E-state index contributed by atoms with van der Waals surface area (Å²) in [6.45, 7) is 0.217. The number of thioether (sulfide) groups is 1. The molecule has 14 heavy (non-hydrogen) atoms. The predicted octanol–water partition coefficient (Wildman–Crippen LogP) is -0.291. The maximum atomic E-state index is 11.2. The second-order valence-corrected chi connectivity index (χ2v) is 3.67. The van der Waals surface area contributed by atoms with E-state index in [1.807, 2.05) is 0 Å². The van der Waals surface area contributed by atoms with Gasteiger partial charge in [0.1, 0.15) is 0 Å². The highest BCUT2D eigenvalue weighted by Gasteiger charge is 2.09. The fraction of sp³-hybridized carbons (Fsp3) is 0.571. The van der Waals surface area contributed by atoms with Crippen molar-refractivity contribution in [2.75, 3.05) is 19.8 Å². The second-order valence-electron chi connectivity index (χ2n) is 2.74. The van der Waals surface area contributed by atoms with Gasteiger partial charge in [0.05, 0.1) is 12.3 Å². The Labute approximate surface area is 85.8 Å². The van der Waals surface area contributed by atoms with E-state index >= 15 is 0 Å². The molecule has 0 bridgehead atoms. The molecule has 0 radical (unpaired) electrons. The summed E-state index contributed by atoms with van der Waals surface area (Å²) in [7, 11) is 3.39. The largest absolute Gasteiger partial charge is 0.415 e. The van der Waals surface area contributed by atoms with Gasteiger partial charge in [0.15, 0.2) is 0 Å². The number of carbonyl (C=O) groups excluding carboxylic acids is 1. The molecule has 0 fully saturated rings. The smallest absolute Gasteiger partial charge is 0.277 e. The summed E-state index contributed by atoms with van der Waals surface area (Å²) in [5, 5.41) is 7.76. The lowest BCUT2D eigenvalue weighted by molar-refractivity contribution is -0.125. The highest BCUT2D eigenvalue weighted by Crippen LogP contribution is 2.15. The molecule has 0 unspecified atom stereocenters. The number of nitrogens with zero attached hydrogens (tertiary/aromatic N) is 3. The van der Waals surface area contributed by atoms with Crippen molar-refractivity contribution < 1.29 is 9.21 Å². The number of amides is 1. The minimum Gasteiger partial charge on any atom is -0.415 e. The van der Waals surface area contributed by atoms with Gasteiger partial charge in [-0.05, 0) is 0 Å². The van der Waals surface area contributed by atoms with Crippen LogP contribution in [0.4, 0.5) is 0 Å². The third-order valence-corrected chi connectivity index (χ3v) is 2.24. The first-order valence-electron chi connectivity index (χ1n) is 3.99. The molecular formula is C7H12N4O2S. The average Bonchev–Trinajstić information content (AvgIpc) is 2.61. The molecule has 7 heteroatoms. The molecule has 1 amide bonds. The molecule has 0 atom stereocenters. The van der Waals surface area contributed by atoms with Crippen molar-refractivity contribution in [1.82, 2.24) is 15.1 Å². The maximum absolute atomic E-state index is 11.2. The Kier molecular flexibility index (Phi) is 3.90. The van der Waals surface area contributed by atoms with Crippen molar-refractivity contribution in [3.63, 3.8) is 0 Å². The van der Waals surface area contributed by atoms with Gasteiger partial charge in [-0.2, -0.15) is 0 Å². The van der Waals surface area contributed by atoms with Crippen LogP contribution in [0.5, 0.6) is 0 Å². The summed E-state index contributed by atoms with van der Waals surface area (Å²) in [4.78, 5) is 12.7. The summed E-state index contributed by atoms with van der Waals surface area (Å²) in [5.41, 5.74) is 5.29. The molecule has 0 aromatic carbocycles. The topological polar surface area (TPSA) is 85.2 Å². The van der Waals surface area contributed by atoms with E-state index in [4.69, 9.17) is 10.2 Å². The summed E-state index contributed by atoms with van der Waals surface area (Å²) in [6.07, 6.45) is 0. The molecule has 1 aromatic heterocycles. The zero-order valence-electron chi connectivity index (χ0n) is 8.06. The van der Waals surface area contributed by atoms with Crippen LogP contribution in [0.1, 0.15) is 5.89 Å². The van der Waals surface area contributed by atoms with E-state index in [-0.39, 0.29) is 12.5 Å². The Morgan fingerprint density at radius 2 is 2.29 bits per heavy atom. The quantitative estimate of drug-likeness (QED) is 0.696. The lowest BCUT2D eigenvalue weighted by atomic mass is 10.6. The molecule has 0 saturated heterocycles. The molecule has 0 aliphatic rings. The molecule has 2 N–H and O–H groups in total. The lowest BCUT2D eigenvalue weighted by Crippen LogP contribution is -2.23. The van der Waals surface area contributed by atoms with E-state index in [2.05, 4.69) is 10.2 Å². The van der Waals surface area contributed by atoms with Crippen LogP contribution in [-0.4, -0.2) is 40.9 Å². The SMILES string of the molecule is CN(C)C(=O)CSc1nnc(CN)o1. The third kappa shape index (κ3) is 3.00. The van der Waals surface area contributed by atoms with Crippen molar-refractivity contribution >= 4 is 17.7 Å². The fourth-order valence-corrected chi connectivity index (χ4v) is 1.39. The van der Waals surface area contributed by atoms with E-state index in [1.54, 1.807) is 14.1 Å². The monoisotopic (exact) mass is 216 g/mol. The van der Waals surface area contributed by atoms with Crippen LogP contribution in [0.2, 0.25) is 0 Å². The number of hydrogen-bond acceptors (Lipinski definition) is 6. The molecule has 6 nitrogen and oxygen atoms in total. The van der Waals surface area contributed by atoms with Crippen LogP contribution in [0.15, 0.2) is 9.64 Å². The summed E-state index contributed by atoms with van der Waals surface area (Å²) in [5.74, 6) is 0.673. The van der Waals surface area contributed by atoms with Crippen LogP contribution in [0, 0.1) is 0 Å². The molecule has 1 rings (SSSR count). The van der Waals surface area contributed by atoms with Crippen molar-refractivity contribution in [2.45, 2.75) is 11.8 Å². The first-order valence-corrected chi connectivity index (χ1v) is 4.97. The van der Waals surface area contributed by atoms with Gasteiger partial charge in [-0.25, -0.2) is 0 Å². The average molecular weight is 216 g/mol. The second kappa shape index (κ2) is 4.97. The van der Waals surface area contributed by atoms with Gasteiger partial charge in [-0.15, -0.1) is 10.2 Å². The zero-order valence-corrected chi connectivity index (χ0v) is 8.87. The van der Waals surface area contributed by atoms with Crippen molar-refractivity contribution in [2.24, 2.45) is 5.73 Å². The molecule has 0 saturated carbocycles. The van der Waals surface area contributed by atoms with Gasteiger partial charge >= 0.3 is 0 Å². The predicted molar refractivity (Wildman–Crippen MR) is 51.6 cm³/mol. The van der Waals surface area contributed by atoms with Gasteiger partial charge < -0.3 is 15.1 Å². The normalized spacial score (nSPS) is 10.2. The molecule has 78 valence electrons. The standard InChI is InChI=1S/C7H12N4O2S/c1-11(2)6(12)4-14-7-10-9-5(3-8)13-7/h3-4,8H2,1-2H3. The van der Waals surface area contributed by atoms with E-state index in [1.165, 1.54) is 16.7 Å². The lowest BCUT2D eigenvalue weighted by Gasteiger charge is -2.07. The summed E-state index contributed by atoms with van der Waals surface area (Å²) in [6, 6.07) is 0. The number of aromatic nitrogens is 2. The Morgan fingerprint density at radius 1 is 1.57 bits per heavy atom. The van der Waals surface area contributed by atoms with Crippen LogP contribution >= 0.6 is 11.8 Å². The Morgan fingerprint density at radius 3 is 2.79 bits per heavy atom. The highest BCUT2D eigenvalue weighted by atomic mass is 32.2. The third-order valence-electron chi connectivity index (χ3n) is 1.44. The number of hydrogen-bond donors (Lipinski definition) is 1. The van der Waals surface area contributed by atoms with Crippen molar-refractivity contribution in [3.8, 4) is 0 Å². The van der Waals surface area contributed by atoms with E-state index < -0.39 is 0 Å². The summed E-state index contributed by atoms with van der Waals surface area (Å²) >= 11 is 1.21. The van der Waals surface area contributed by atoms with Gasteiger partial charge in [-0.1, -0.05) is 11.8 Å². The summed E-state index contributed by atoms with van der Waals surface area (Å²) < 4.78 is 5.11. The van der Waals surface area contributed by atoms with Gasteiger partial charge in [0.2, 0.25) is 11.8 Å². The number of rotatable bonds is 4. The van der Waals surface area contributed by atoms with Gasteiger partial charge in [-0.3, -0.25) is 4.79 Å². The molecular weight excluding hydrogens is 204 g/mol. The minimum absolute atomic E-state index is 0.00231. The number of carbonyl (C=O) groups is 1. The maximum Gasteiger partial charge on any atom is 0.277 e. The fourth-order valence-electron chi connectivity index (χ4n) is 0.632. The molecule has 1 aromatic rings. The highest BCUT2D eigenvalue weighted by molar-refractivity contribution is 7.99. The molecule has 1 heterocycles. The zero-order chi connectivity index (χ0) is 10.6. The van der Waals surface area contributed by atoms with Crippen LogP contribution in [0.3, 0.4) is 0 Å². The van der Waals surface area contributed by atoms with Gasteiger partial charge in [0, 0.05) is 14.1 Å². The Balaban J connectivity index is 2.41. The Hall–Kier alpha value is -1.08. The van der Waals surface area contributed by atoms with E-state index in [9.17, 15) is 4.79 Å². The van der Waals surface area contributed by atoms with Crippen molar-refractivity contribution in [1.29, 1.82) is 0 Å². The minimum atomic E-state index is 0.00231. The van der Waals surface area contributed by atoms with Crippen LogP contribution in [0.25, 0.3) is 0 Å². The molecule has 0 spiro atoms. The van der Waals surface area contributed by atoms with E-state index in [0.717, 1.165) is 0 Å². The molecule has 0 aliphatic carbocycles. The van der Waals surface area contributed by atoms with Crippen LogP contribution in [-0.2, 0) is 11.3 Å². The molecule has 0 aliphatic heterocycles. The van der Waals surface area contributed by atoms with Gasteiger partial charge in [0.25, 0.3) is 5.22 Å². The van der Waals surface area contributed by atoms with Crippen molar-refractivity contribution in [3.05, 3.63) is 5.89 Å².